The lowest BCUT2D eigenvalue weighted by Gasteiger charge is -2.33. The summed E-state index contributed by atoms with van der Waals surface area (Å²) in [7, 11) is -3.49. The molecule has 7 heteroatoms. The highest BCUT2D eigenvalue weighted by Gasteiger charge is 2.30. The van der Waals surface area contributed by atoms with E-state index >= 15 is 0 Å². The summed E-state index contributed by atoms with van der Waals surface area (Å²) in [5.74, 6) is 0. The third-order valence-electron chi connectivity index (χ3n) is 4.27. The van der Waals surface area contributed by atoms with Gasteiger partial charge in [-0.05, 0) is 25.6 Å². The van der Waals surface area contributed by atoms with Crippen molar-refractivity contribution >= 4 is 10.0 Å². The zero-order valence-electron chi connectivity index (χ0n) is 13.5. The molecule has 1 aromatic carbocycles. The van der Waals surface area contributed by atoms with Gasteiger partial charge in [0.2, 0.25) is 10.0 Å². The third kappa shape index (κ3) is 3.17. The quantitative estimate of drug-likeness (QED) is 0.850. The van der Waals surface area contributed by atoms with Crippen molar-refractivity contribution in [1.29, 1.82) is 0 Å². The molecule has 0 N–H and O–H groups in total. The van der Waals surface area contributed by atoms with E-state index in [1.807, 2.05) is 30.3 Å². The summed E-state index contributed by atoms with van der Waals surface area (Å²) in [6.07, 6.45) is 1.62. The summed E-state index contributed by atoms with van der Waals surface area (Å²) in [6.45, 7) is 7.42. The minimum absolute atomic E-state index is 0.298. The van der Waals surface area contributed by atoms with Gasteiger partial charge in [0.1, 0.15) is 4.90 Å². The van der Waals surface area contributed by atoms with E-state index in [1.54, 1.807) is 22.1 Å². The van der Waals surface area contributed by atoms with E-state index in [1.165, 1.54) is 0 Å². The molecule has 1 aliphatic heterocycles. The summed E-state index contributed by atoms with van der Waals surface area (Å²) in [5, 5.41) is 4.37. The van der Waals surface area contributed by atoms with Crippen molar-refractivity contribution in [2.75, 3.05) is 32.7 Å². The van der Waals surface area contributed by atoms with Gasteiger partial charge in [0.05, 0.1) is 17.6 Å². The van der Waals surface area contributed by atoms with Crippen LogP contribution < -0.4 is 0 Å². The van der Waals surface area contributed by atoms with Crippen molar-refractivity contribution in [3.8, 4) is 5.69 Å². The maximum atomic E-state index is 12.9. The normalized spacial score (nSPS) is 17.5. The van der Waals surface area contributed by atoms with Gasteiger partial charge < -0.3 is 4.90 Å². The van der Waals surface area contributed by atoms with Crippen molar-refractivity contribution < 1.29 is 8.42 Å². The summed E-state index contributed by atoms with van der Waals surface area (Å²) in [4.78, 5) is 2.55. The highest BCUT2D eigenvalue weighted by atomic mass is 32.2. The molecule has 124 valence electrons. The fourth-order valence-corrected chi connectivity index (χ4v) is 4.41. The van der Waals surface area contributed by atoms with Gasteiger partial charge in [-0.1, -0.05) is 25.1 Å². The molecule has 0 amide bonds. The Morgan fingerprint density at radius 3 is 2.35 bits per heavy atom. The zero-order valence-corrected chi connectivity index (χ0v) is 14.3. The van der Waals surface area contributed by atoms with E-state index in [-0.39, 0.29) is 0 Å². The average molecular weight is 334 g/mol. The predicted octanol–water partition coefficient (Wildman–Crippen LogP) is 1.51. The molecule has 0 atom stereocenters. The fraction of sp³-hybridized carbons (Fsp3) is 0.438. The third-order valence-corrected chi connectivity index (χ3v) is 6.27. The first kappa shape index (κ1) is 16.2. The number of benzene rings is 1. The van der Waals surface area contributed by atoms with Gasteiger partial charge >= 0.3 is 0 Å². The first-order valence-corrected chi connectivity index (χ1v) is 9.30. The number of rotatable bonds is 4. The summed E-state index contributed by atoms with van der Waals surface area (Å²) in [5.41, 5.74) is 1.39. The second kappa shape index (κ2) is 6.43. The first-order chi connectivity index (χ1) is 11.0. The fourth-order valence-electron chi connectivity index (χ4n) is 2.84. The van der Waals surface area contributed by atoms with Gasteiger partial charge in [-0.25, -0.2) is 13.1 Å². The second-order valence-corrected chi connectivity index (χ2v) is 7.60. The van der Waals surface area contributed by atoms with Crippen molar-refractivity contribution in [3.05, 3.63) is 42.2 Å². The number of hydrogen-bond acceptors (Lipinski definition) is 4. The number of aromatic nitrogens is 2. The van der Waals surface area contributed by atoms with Crippen LogP contribution in [0, 0.1) is 6.92 Å². The monoisotopic (exact) mass is 334 g/mol. The van der Waals surface area contributed by atoms with Crippen LogP contribution in [0.25, 0.3) is 5.69 Å². The van der Waals surface area contributed by atoms with Gasteiger partial charge in [0.15, 0.2) is 0 Å². The minimum atomic E-state index is -3.49. The topological polar surface area (TPSA) is 58.4 Å². The van der Waals surface area contributed by atoms with Crippen LogP contribution in [-0.2, 0) is 10.0 Å². The molecule has 6 nitrogen and oxygen atoms in total. The summed E-state index contributed by atoms with van der Waals surface area (Å²) < 4.78 is 29.0. The molecule has 2 heterocycles. The van der Waals surface area contributed by atoms with E-state index in [2.05, 4.69) is 16.9 Å². The minimum Gasteiger partial charge on any atom is -0.301 e. The Labute approximate surface area is 137 Å². The van der Waals surface area contributed by atoms with Gasteiger partial charge in [-0.2, -0.15) is 9.40 Å². The Balaban J connectivity index is 1.88. The molecule has 1 fully saturated rings. The molecule has 0 radical (unpaired) electrons. The Morgan fingerprint density at radius 2 is 1.74 bits per heavy atom. The maximum Gasteiger partial charge on any atom is 0.246 e. The molecule has 2 aromatic rings. The van der Waals surface area contributed by atoms with Gasteiger partial charge in [-0.3, -0.25) is 0 Å². The lowest BCUT2D eigenvalue weighted by atomic mass is 10.3. The van der Waals surface area contributed by atoms with Gasteiger partial charge in [0, 0.05) is 26.2 Å². The molecule has 1 aromatic heterocycles. The summed E-state index contributed by atoms with van der Waals surface area (Å²) in [6, 6.07) is 9.55. The molecular weight excluding hydrogens is 312 g/mol. The highest BCUT2D eigenvalue weighted by Crippen LogP contribution is 2.22. The number of para-hydroxylation sites is 1. The van der Waals surface area contributed by atoms with Crippen molar-refractivity contribution in [3.63, 3.8) is 0 Å². The molecule has 0 bridgehead atoms. The molecule has 0 unspecified atom stereocenters. The van der Waals surface area contributed by atoms with Crippen LogP contribution >= 0.6 is 0 Å². The van der Waals surface area contributed by atoms with Crippen LogP contribution in [0.5, 0.6) is 0 Å². The number of aryl methyl sites for hydroxylation is 1. The number of nitrogens with zero attached hydrogens (tertiary/aromatic N) is 4. The molecule has 0 aliphatic carbocycles. The molecule has 1 saturated heterocycles. The van der Waals surface area contributed by atoms with Crippen LogP contribution in [0.1, 0.15) is 12.6 Å². The molecule has 1 aliphatic rings. The van der Waals surface area contributed by atoms with Crippen LogP contribution in [-0.4, -0.2) is 60.1 Å². The van der Waals surface area contributed by atoms with Crippen LogP contribution in [0.4, 0.5) is 0 Å². The standard InChI is InChI=1S/C16H22N4O2S/c1-3-18-9-11-19(12-10-18)23(21,22)16-13-20(17-14(16)2)15-7-5-4-6-8-15/h4-8,13H,3,9-12H2,1-2H3. The van der Waals surface area contributed by atoms with Crippen LogP contribution in [0.2, 0.25) is 0 Å². The van der Waals surface area contributed by atoms with E-state index < -0.39 is 10.0 Å². The molecule has 3 rings (SSSR count). The van der Waals surface area contributed by atoms with Crippen molar-refractivity contribution in [2.24, 2.45) is 0 Å². The summed E-state index contributed by atoms with van der Waals surface area (Å²) >= 11 is 0. The molecular formula is C16H22N4O2S. The lowest BCUT2D eigenvalue weighted by Crippen LogP contribution is -2.48. The molecule has 23 heavy (non-hydrogen) atoms. The predicted molar refractivity (Wildman–Crippen MR) is 89.2 cm³/mol. The Morgan fingerprint density at radius 1 is 1.09 bits per heavy atom. The Hall–Kier alpha value is -1.70. The number of piperazine rings is 1. The van der Waals surface area contributed by atoms with Crippen LogP contribution in [0.15, 0.2) is 41.4 Å². The average Bonchev–Trinajstić information content (AvgIpc) is 2.98. The largest absolute Gasteiger partial charge is 0.301 e. The number of sulfonamides is 1. The Kier molecular flexibility index (Phi) is 4.52. The van der Waals surface area contributed by atoms with E-state index in [9.17, 15) is 8.42 Å². The zero-order chi connectivity index (χ0) is 16.4. The van der Waals surface area contributed by atoms with E-state index in [4.69, 9.17) is 0 Å². The first-order valence-electron chi connectivity index (χ1n) is 7.86. The van der Waals surface area contributed by atoms with Gasteiger partial charge in [-0.15, -0.1) is 0 Å². The van der Waals surface area contributed by atoms with Crippen molar-refractivity contribution in [2.45, 2.75) is 18.7 Å². The van der Waals surface area contributed by atoms with Crippen LogP contribution in [0.3, 0.4) is 0 Å². The second-order valence-electron chi connectivity index (χ2n) is 5.70. The smallest absolute Gasteiger partial charge is 0.246 e. The SMILES string of the molecule is CCN1CCN(S(=O)(=O)c2cn(-c3ccccc3)nc2C)CC1. The van der Waals surface area contributed by atoms with E-state index in [0.717, 1.165) is 25.3 Å². The molecule has 0 saturated carbocycles. The molecule has 0 spiro atoms. The lowest BCUT2D eigenvalue weighted by molar-refractivity contribution is 0.196. The van der Waals surface area contributed by atoms with E-state index in [0.29, 0.717) is 23.7 Å². The van der Waals surface area contributed by atoms with Crippen molar-refractivity contribution in [1.82, 2.24) is 19.0 Å². The number of hydrogen-bond donors (Lipinski definition) is 0. The number of likely N-dealkylation sites (N-methyl/N-ethyl adjacent to an activating group) is 1. The van der Waals surface area contributed by atoms with Gasteiger partial charge in [0.25, 0.3) is 0 Å². The highest BCUT2D eigenvalue weighted by molar-refractivity contribution is 7.89. The maximum absolute atomic E-state index is 12.9. The Bertz CT molecular complexity index is 763.